The van der Waals surface area contributed by atoms with Crippen LogP contribution in [0, 0.1) is 0 Å². The number of methoxy groups -OCH3 is 1. The lowest BCUT2D eigenvalue weighted by Crippen LogP contribution is -2.38. The third kappa shape index (κ3) is 4.89. The number of phenolic OH excluding ortho intramolecular Hbond substituents is 1. The van der Waals surface area contributed by atoms with Crippen LogP contribution in [0.4, 0.5) is 0 Å². The van der Waals surface area contributed by atoms with Crippen LogP contribution >= 0.6 is 0 Å². The molecule has 0 fully saturated rings. The Morgan fingerprint density at radius 1 is 1.28 bits per heavy atom. The second kappa shape index (κ2) is 6.02. The molecule has 18 heavy (non-hydrogen) atoms. The molecule has 1 atom stereocenters. The molecule has 1 rings (SSSR count). The lowest BCUT2D eigenvalue weighted by molar-refractivity contribution is -0.149. The van der Waals surface area contributed by atoms with E-state index in [2.05, 4.69) is 0 Å². The van der Waals surface area contributed by atoms with Crippen molar-refractivity contribution >= 4 is 14.3 Å². The normalized spacial score (nSPS) is 13.1. The van der Waals surface area contributed by atoms with Crippen molar-refractivity contribution < 1.29 is 19.1 Å². The zero-order valence-electron chi connectivity index (χ0n) is 11.3. The van der Waals surface area contributed by atoms with Gasteiger partial charge in [0.1, 0.15) is 11.9 Å². The van der Waals surface area contributed by atoms with E-state index in [1.165, 1.54) is 7.11 Å². The maximum absolute atomic E-state index is 11.7. The van der Waals surface area contributed by atoms with Crippen molar-refractivity contribution in [3.8, 4) is 5.75 Å². The molecular weight excluding hydrogens is 248 g/mol. The summed E-state index contributed by atoms with van der Waals surface area (Å²) in [6, 6.07) is 6.74. The first kappa shape index (κ1) is 14.7. The SMILES string of the molecule is COC(=O)C(Cc1ccc(O)cc1)O[Si](C)(C)C. The van der Waals surface area contributed by atoms with Gasteiger partial charge in [-0.25, -0.2) is 4.79 Å². The lowest BCUT2D eigenvalue weighted by Gasteiger charge is -2.24. The van der Waals surface area contributed by atoms with E-state index in [4.69, 9.17) is 9.16 Å². The van der Waals surface area contributed by atoms with Crippen molar-refractivity contribution in [3.05, 3.63) is 29.8 Å². The van der Waals surface area contributed by atoms with Crippen molar-refractivity contribution in [2.75, 3.05) is 7.11 Å². The van der Waals surface area contributed by atoms with Gasteiger partial charge in [0.05, 0.1) is 7.11 Å². The second-order valence-corrected chi connectivity index (χ2v) is 9.57. The summed E-state index contributed by atoms with van der Waals surface area (Å²) in [5.41, 5.74) is 0.932. The molecule has 0 bridgehead atoms. The predicted molar refractivity (Wildman–Crippen MR) is 72.0 cm³/mol. The second-order valence-electron chi connectivity index (χ2n) is 5.11. The fourth-order valence-corrected chi connectivity index (χ4v) is 2.61. The average molecular weight is 268 g/mol. The summed E-state index contributed by atoms with van der Waals surface area (Å²) in [5, 5.41) is 9.22. The molecule has 0 saturated carbocycles. The van der Waals surface area contributed by atoms with Gasteiger partial charge in [-0.2, -0.15) is 0 Å². The molecule has 0 heterocycles. The molecule has 100 valence electrons. The number of aromatic hydroxyl groups is 1. The number of esters is 1. The lowest BCUT2D eigenvalue weighted by atomic mass is 10.1. The van der Waals surface area contributed by atoms with Crippen LogP contribution in [0.15, 0.2) is 24.3 Å². The van der Waals surface area contributed by atoms with Gasteiger partial charge < -0.3 is 14.3 Å². The molecule has 0 aliphatic carbocycles. The monoisotopic (exact) mass is 268 g/mol. The largest absolute Gasteiger partial charge is 0.508 e. The molecule has 4 nitrogen and oxygen atoms in total. The quantitative estimate of drug-likeness (QED) is 0.658. The Morgan fingerprint density at radius 3 is 2.28 bits per heavy atom. The Bertz CT molecular complexity index is 394. The van der Waals surface area contributed by atoms with Gasteiger partial charge in [0, 0.05) is 6.42 Å². The van der Waals surface area contributed by atoms with Crippen LogP contribution < -0.4 is 0 Å². The highest BCUT2D eigenvalue weighted by Gasteiger charge is 2.27. The van der Waals surface area contributed by atoms with Crippen LogP contribution in [-0.2, 0) is 20.4 Å². The van der Waals surface area contributed by atoms with Crippen molar-refractivity contribution in [1.29, 1.82) is 0 Å². The van der Waals surface area contributed by atoms with Gasteiger partial charge in [-0.15, -0.1) is 0 Å². The maximum atomic E-state index is 11.7. The Kier molecular flexibility index (Phi) is 4.92. The predicted octanol–water partition coefficient (Wildman–Crippen LogP) is 2.33. The fourth-order valence-electron chi connectivity index (χ4n) is 1.58. The van der Waals surface area contributed by atoms with Gasteiger partial charge in [-0.1, -0.05) is 12.1 Å². The Labute approximate surface area is 109 Å². The highest BCUT2D eigenvalue weighted by molar-refractivity contribution is 6.69. The van der Waals surface area contributed by atoms with Crippen LogP contribution in [-0.4, -0.2) is 32.6 Å². The van der Waals surface area contributed by atoms with Crippen molar-refractivity contribution in [1.82, 2.24) is 0 Å². The summed E-state index contributed by atoms with van der Waals surface area (Å²) >= 11 is 0. The van der Waals surface area contributed by atoms with Gasteiger partial charge in [0.25, 0.3) is 0 Å². The highest BCUT2D eigenvalue weighted by Crippen LogP contribution is 2.16. The molecular formula is C13H20O4Si. The van der Waals surface area contributed by atoms with E-state index < -0.39 is 14.4 Å². The molecule has 0 radical (unpaired) electrons. The Hall–Kier alpha value is -1.33. The van der Waals surface area contributed by atoms with Gasteiger partial charge in [-0.05, 0) is 37.3 Å². The number of carbonyl (C=O) groups is 1. The summed E-state index contributed by atoms with van der Waals surface area (Å²) in [4.78, 5) is 11.7. The zero-order valence-corrected chi connectivity index (χ0v) is 12.3. The van der Waals surface area contributed by atoms with E-state index in [1.807, 2.05) is 19.6 Å². The highest BCUT2D eigenvalue weighted by atomic mass is 28.4. The number of benzene rings is 1. The molecule has 1 N–H and O–H groups in total. The minimum absolute atomic E-state index is 0.208. The Balaban J connectivity index is 2.78. The molecule has 0 aliphatic heterocycles. The third-order valence-electron chi connectivity index (χ3n) is 2.32. The standard InChI is InChI=1S/C13H20O4Si/c1-16-13(15)12(17-18(2,3)4)9-10-5-7-11(14)8-6-10/h5-8,12,14H,9H2,1-4H3. The number of hydrogen-bond donors (Lipinski definition) is 1. The summed E-state index contributed by atoms with van der Waals surface area (Å²) in [7, 11) is -0.453. The molecule has 0 aliphatic rings. The van der Waals surface area contributed by atoms with Crippen LogP contribution in [0.25, 0.3) is 0 Å². The molecule has 0 aromatic heterocycles. The van der Waals surface area contributed by atoms with Crippen molar-refractivity contribution in [3.63, 3.8) is 0 Å². The minimum Gasteiger partial charge on any atom is -0.508 e. The van der Waals surface area contributed by atoms with Gasteiger partial charge >= 0.3 is 5.97 Å². The van der Waals surface area contributed by atoms with E-state index in [9.17, 15) is 9.90 Å². The first-order valence-electron chi connectivity index (χ1n) is 5.85. The number of hydrogen-bond acceptors (Lipinski definition) is 4. The summed E-state index contributed by atoms with van der Waals surface area (Å²) in [6.45, 7) is 6.08. The van der Waals surface area contributed by atoms with Gasteiger partial charge in [0.15, 0.2) is 8.32 Å². The third-order valence-corrected chi connectivity index (χ3v) is 3.31. The van der Waals surface area contributed by atoms with Crippen LogP contribution in [0.2, 0.25) is 19.6 Å². The van der Waals surface area contributed by atoms with E-state index >= 15 is 0 Å². The maximum Gasteiger partial charge on any atom is 0.334 e. The first-order chi connectivity index (χ1) is 8.31. The van der Waals surface area contributed by atoms with Gasteiger partial charge in [-0.3, -0.25) is 0 Å². The summed E-state index contributed by atoms with van der Waals surface area (Å²) in [5.74, 6) is -0.148. The summed E-state index contributed by atoms with van der Waals surface area (Å²) < 4.78 is 10.6. The number of phenols is 1. The van der Waals surface area contributed by atoms with Gasteiger partial charge in [0.2, 0.25) is 0 Å². The van der Waals surface area contributed by atoms with Crippen molar-refractivity contribution in [2.24, 2.45) is 0 Å². The zero-order chi connectivity index (χ0) is 13.8. The molecule has 1 aromatic carbocycles. The minimum atomic E-state index is -1.81. The molecule has 0 amide bonds. The molecule has 5 heteroatoms. The van der Waals surface area contributed by atoms with E-state index in [1.54, 1.807) is 24.3 Å². The number of carbonyl (C=O) groups excluding carboxylic acids is 1. The smallest absolute Gasteiger partial charge is 0.334 e. The van der Waals surface area contributed by atoms with Crippen LogP contribution in [0.5, 0.6) is 5.75 Å². The topological polar surface area (TPSA) is 55.8 Å². The molecule has 0 spiro atoms. The van der Waals surface area contributed by atoms with E-state index in [0.717, 1.165) is 5.56 Å². The molecule has 0 saturated heterocycles. The number of ether oxygens (including phenoxy) is 1. The van der Waals surface area contributed by atoms with E-state index in [-0.39, 0.29) is 11.7 Å². The average Bonchev–Trinajstić information content (AvgIpc) is 2.28. The Morgan fingerprint density at radius 2 is 1.83 bits per heavy atom. The molecule has 1 unspecified atom stereocenters. The first-order valence-corrected chi connectivity index (χ1v) is 9.26. The molecule has 1 aromatic rings. The van der Waals surface area contributed by atoms with Crippen LogP contribution in [0.1, 0.15) is 5.56 Å². The van der Waals surface area contributed by atoms with E-state index in [0.29, 0.717) is 6.42 Å². The number of rotatable bonds is 5. The summed E-state index contributed by atoms with van der Waals surface area (Å²) in [6.07, 6.45) is -0.122. The van der Waals surface area contributed by atoms with Crippen LogP contribution in [0.3, 0.4) is 0 Å². The van der Waals surface area contributed by atoms with Crippen molar-refractivity contribution in [2.45, 2.75) is 32.2 Å². The fraction of sp³-hybridized carbons (Fsp3) is 0.462.